The van der Waals surface area contributed by atoms with Gasteiger partial charge in [0.2, 0.25) is 0 Å². The summed E-state index contributed by atoms with van der Waals surface area (Å²) >= 11 is 10.2. The third kappa shape index (κ3) is 3.61. The number of rotatable bonds is 3. The summed E-state index contributed by atoms with van der Waals surface area (Å²) in [5, 5.41) is -0.00335. The minimum absolute atomic E-state index is 0.00335. The molecular weight excluding hydrogens is 320 g/mol. The molecule has 2 aromatic carbocycles. The fraction of sp³-hybridized carbons (Fsp3) is 0.294. The summed E-state index contributed by atoms with van der Waals surface area (Å²) in [5.41, 5.74) is 6.34. The lowest BCUT2D eigenvalue weighted by atomic mass is 9.99. The van der Waals surface area contributed by atoms with Crippen molar-refractivity contribution in [1.29, 1.82) is 0 Å². The zero-order valence-corrected chi connectivity index (χ0v) is 13.8. The van der Waals surface area contributed by atoms with Crippen LogP contribution in [0.1, 0.15) is 33.2 Å². The Morgan fingerprint density at radius 1 is 1.00 bits per heavy atom. The van der Waals surface area contributed by atoms with Gasteiger partial charge in [-0.25, -0.2) is 0 Å². The van der Waals surface area contributed by atoms with Crippen LogP contribution in [0.3, 0.4) is 0 Å². The molecule has 0 nitrogen and oxygen atoms in total. The first kappa shape index (κ1) is 14.6. The Morgan fingerprint density at radius 3 is 2.42 bits per heavy atom. The monoisotopic (exact) mass is 336 g/mol. The van der Waals surface area contributed by atoms with Crippen LogP contribution in [0.2, 0.25) is 0 Å². The molecule has 2 rings (SSSR count). The second-order valence-electron chi connectivity index (χ2n) is 5.12. The molecule has 2 aromatic rings. The predicted molar refractivity (Wildman–Crippen MR) is 87.1 cm³/mol. The number of halogens is 2. The van der Waals surface area contributed by atoms with Gasteiger partial charge in [0.1, 0.15) is 0 Å². The first-order chi connectivity index (χ1) is 8.97. The molecule has 100 valence electrons. The number of benzene rings is 2. The van der Waals surface area contributed by atoms with Gasteiger partial charge in [0, 0.05) is 4.47 Å². The number of hydrogen-bond donors (Lipinski definition) is 0. The maximum atomic E-state index is 6.58. The van der Waals surface area contributed by atoms with Crippen LogP contribution in [0.4, 0.5) is 0 Å². The van der Waals surface area contributed by atoms with E-state index in [1.165, 1.54) is 27.8 Å². The van der Waals surface area contributed by atoms with Gasteiger partial charge in [-0.2, -0.15) is 0 Å². The van der Waals surface area contributed by atoms with Gasteiger partial charge >= 0.3 is 0 Å². The predicted octanol–water partition coefficient (Wildman–Crippen LogP) is 5.90. The minimum Gasteiger partial charge on any atom is -0.117 e. The maximum Gasteiger partial charge on any atom is 0.0636 e. The lowest BCUT2D eigenvalue weighted by molar-refractivity contribution is 0.910. The number of hydrogen-bond acceptors (Lipinski definition) is 0. The van der Waals surface area contributed by atoms with Gasteiger partial charge in [0.25, 0.3) is 0 Å². The first-order valence-corrected chi connectivity index (χ1v) is 7.66. The van der Waals surface area contributed by atoms with Crippen molar-refractivity contribution in [3.8, 4) is 0 Å². The highest BCUT2D eigenvalue weighted by molar-refractivity contribution is 9.10. The fourth-order valence-electron chi connectivity index (χ4n) is 2.15. The average molecular weight is 338 g/mol. The molecule has 0 saturated carbocycles. The molecule has 0 aliphatic heterocycles. The summed E-state index contributed by atoms with van der Waals surface area (Å²) in [5.74, 6) is 0. The molecule has 0 fully saturated rings. The van der Waals surface area contributed by atoms with Crippen LogP contribution < -0.4 is 0 Å². The third-order valence-corrected chi connectivity index (χ3v) is 4.59. The van der Waals surface area contributed by atoms with Gasteiger partial charge in [-0.3, -0.25) is 0 Å². The van der Waals surface area contributed by atoms with E-state index in [2.05, 4.69) is 73.1 Å². The third-order valence-electron chi connectivity index (χ3n) is 3.48. The maximum absolute atomic E-state index is 6.58. The molecule has 1 unspecified atom stereocenters. The molecule has 0 radical (unpaired) electrons. The van der Waals surface area contributed by atoms with Crippen LogP contribution in [-0.2, 0) is 6.42 Å². The highest BCUT2D eigenvalue weighted by Crippen LogP contribution is 2.32. The van der Waals surface area contributed by atoms with E-state index in [4.69, 9.17) is 11.6 Å². The molecule has 0 N–H and O–H groups in total. The molecule has 0 saturated heterocycles. The molecule has 1 atom stereocenters. The standard InChI is InChI=1S/C17H18BrCl/c1-11-4-7-16(18)15(8-11)17(19)10-14-6-5-12(2)13(3)9-14/h4-9,17H,10H2,1-3H3. The van der Waals surface area contributed by atoms with E-state index >= 15 is 0 Å². The van der Waals surface area contributed by atoms with E-state index in [0.717, 1.165) is 10.9 Å². The van der Waals surface area contributed by atoms with E-state index in [0.29, 0.717) is 0 Å². The topological polar surface area (TPSA) is 0 Å². The van der Waals surface area contributed by atoms with Crippen LogP contribution in [0, 0.1) is 20.8 Å². The van der Waals surface area contributed by atoms with Crippen LogP contribution in [0.5, 0.6) is 0 Å². The summed E-state index contributed by atoms with van der Waals surface area (Å²) in [7, 11) is 0. The van der Waals surface area contributed by atoms with Crippen molar-refractivity contribution in [3.05, 3.63) is 68.7 Å². The number of alkyl halides is 1. The Kier molecular flexibility index (Phi) is 4.70. The smallest absolute Gasteiger partial charge is 0.0636 e. The quantitative estimate of drug-likeness (QED) is 0.612. The molecule has 0 aromatic heterocycles. The van der Waals surface area contributed by atoms with Gasteiger partial charge in [0.05, 0.1) is 5.38 Å². The molecule has 0 aliphatic rings. The molecule has 0 aliphatic carbocycles. The van der Waals surface area contributed by atoms with Gasteiger partial charge in [-0.15, -0.1) is 11.6 Å². The minimum atomic E-state index is -0.00335. The van der Waals surface area contributed by atoms with Crippen LogP contribution in [0.25, 0.3) is 0 Å². The second-order valence-corrected chi connectivity index (χ2v) is 6.50. The van der Waals surface area contributed by atoms with Crippen molar-refractivity contribution in [3.63, 3.8) is 0 Å². The van der Waals surface area contributed by atoms with Crippen LogP contribution in [-0.4, -0.2) is 0 Å². The lowest BCUT2D eigenvalue weighted by Gasteiger charge is -2.14. The molecule has 19 heavy (non-hydrogen) atoms. The summed E-state index contributed by atoms with van der Waals surface area (Å²) < 4.78 is 1.09. The van der Waals surface area contributed by atoms with Crippen LogP contribution in [0.15, 0.2) is 40.9 Å². The Hall–Kier alpha value is -0.790. The van der Waals surface area contributed by atoms with Crippen molar-refractivity contribution in [1.82, 2.24) is 0 Å². The molecule has 0 heterocycles. The van der Waals surface area contributed by atoms with Crippen molar-refractivity contribution in [2.45, 2.75) is 32.6 Å². The molecule has 0 spiro atoms. The van der Waals surface area contributed by atoms with Gasteiger partial charge < -0.3 is 0 Å². The van der Waals surface area contributed by atoms with E-state index < -0.39 is 0 Å². The Morgan fingerprint density at radius 2 is 1.74 bits per heavy atom. The van der Waals surface area contributed by atoms with E-state index in [-0.39, 0.29) is 5.38 Å². The Balaban J connectivity index is 2.22. The van der Waals surface area contributed by atoms with Crippen molar-refractivity contribution >= 4 is 27.5 Å². The molecule has 0 bridgehead atoms. The second kappa shape index (κ2) is 6.11. The molecule has 0 amide bonds. The van der Waals surface area contributed by atoms with Gasteiger partial charge in [-0.05, 0) is 55.5 Å². The summed E-state index contributed by atoms with van der Waals surface area (Å²) in [6.45, 7) is 6.37. The SMILES string of the molecule is Cc1ccc(Br)c(C(Cl)Cc2ccc(C)c(C)c2)c1. The summed E-state index contributed by atoms with van der Waals surface area (Å²) in [6.07, 6.45) is 0.852. The highest BCUT2D eigenvalue weighted by atomic mass is 79.9. The zero-order chi connectivity index (χ0) is 14.0. The molecule has 2 heteroatoms. The Bertz CT molecular complexity index is 590. The highest BCUT2D eigenvalue weighted by Gasteiger charge is 2.13. The fourth-order valence-corrected chi connectivity index (χ4v) is 3.16. The lowest BCUT2D eigenvalue weighted by Crippen LogP contribution is -1.98. The van der Waals surface area contributed by atoms with Crippen molar-refractivity contribution in [2.24, 2.45) is 0 Å². The average Bonchev–Trinajstić information content (AvgIpc) is 2.36. The van der Waals surface area contributed by atoms with E-state index in [9.17, 15) is 0 Å². The van der Waals surface area contributed by atoms with E-state index in [1.54, 1.807) is 0 Å². The Labute approximate surface area is 128 Å². The van der Waals surface area contributed by atoms with Crippen molar-refractivity contribution < 1.29 is 0 Å². The first-order valence-electron chi connectivity index (χ1n) is 6.43. The molecular formula is C17H18BrCl. The van der Waals surface area contributed by atoms with Crippen molar-refractivity contribution in [2.75, 3.05) is 0 Å². The zero-order valence-electron chi connectivity index (χ0n) is 11.5. The van der Waals surface area contributed by atoms with Gasteiger partial charge in [-0.1, -0.05) is 51.8 Å². The van der Waals surface area contributed by atoms with E-state index in [1.807, 2.05) is 0 Å². The largest absolute Gasteiger partial charge is 0.117 e. The summed E-state index contributed by atoms with van der Waals surface area (Å²) in [6, 6.07) is 12.9. The normalized spacial score (nSPS) is 12.5. The van der Waals surface area contributed by atoms with Gasteiger partial charge in [0.15, 0.2) is 0 Å². The summed E-state index contributed by atoms with van der Waals surface area (Å²) in [4.78, 5) is 0. The number of aryl methyl sites for hydroxylation is 3. The van der Waals surface area contributed by atoms with Crippen LogP contribution >= 0.6 is 27.5 Å².